The summed E-state index contributed by atoms with van der Waals surface area (Å²) in [6, 6.07) is 12.5. The molecular weight excluding hydrogens is 446 g/mol. The van der Waals surface area contributed by atoms with Gasteiger partial charge in [0.25, 0.3) is 0 Å². The lowest BCUT2D eigenvalue weighted by molar-refractivity contribution is -0.121. The van der Waals surface area contributed by atoms with Crippen molar-refractivity contribution in [2.45, 2.75) is 6.17 Å². The van der Waals surface area contributed by atoms with Gasteiger partial charge >= 0.3 is 0 Å². The van der Waals surface area contributed by atoms with Gasteiger partial charge in [-0.2, -0.15) is 0 Å². The molecule has 0 spiro atoms. The van der Waals surface area contributed by atoms with Gasteiger partial charge in [0.1, 0.15) is 25.1 Å². The number of thioether (sulfide) groups is 1. The summed E-state index contributed by atoms with van der Waals surface area (Å²) in [5, 5.41) is 3.32. The van der Waals surface area contributed by atoms with E-state index in [-0.39, 0.29) is 29.7 Å². The summed E-state index contributed by atoms with van der Waals surface area (Å²) in [4.78, 5) is 32.2. The van der Waals surface area contributed by atoms with Crippen LogP contribution < -0.4 is 35.3 Å². The van der Waals surface area contributed by atoms with E-state index in [2.05, 4.69) is 16.2 Å². The van der Waals surface area contributed by atoms with E-state index in [4.69, 9.17) is 19.2 Å². The van der Waals surface area contributed by atoms with Crippen molar-refractivity contribution in [2.24, 2.45) is 10.9 Å². The van der Waals surface area contributed by atoms with Gasteiger partial charge in [-0.25, -0.2) is 10.4 Å². The third kappa shape index (κ3) is 4.47. The minimum atomic E-state index is -0.365. The molecule has 2 unspecified atom stereocenters. The first-order chi connectivity index (χ1) is 16.1. The summed E-state index contributed by atoms with van der Waals surface area (Å²) >= 11 is 1.21. The minimum absolute atomic E-state index is 0.0765. The molecule has 10 nitrogen and oxygen atoms in total. The molecule has 33 heavy (non-hydrogen) atoms. The number of fused-ring (bicyclic) bond motifs is 2. The quantitative estimate of drug-likeness (QED) is 0.605. The van der Waals surface area contributed by atoms with Crippen LogP contribution in [0.5, 0.6) is 17.2 Å². The van der Waals surface area contributed by atoms with Crippen molar-refractivity contribution in [3.8, 4) is 17.2 Å². The number of aliphatic imine (C=N–C) groups is 1. The maximum Gasteiger partial charge on any atom is 0.241 e. The van der Waals surface area contributed by atoms with E-state index in [0.717, 1.165) is 0 Å². The Morgan fingerprint density at radius 2 is 2.00 bits per heavy atom. The van der Waals surface area contributed by atoms with E-state index in [1.54, 1.807) is 54.5 Å². The van der Waals surface area contributed by atoms with Crippen LogP contribution in [0.25, 0.3) is 0 Å². The Morgan fingerprint density at radius 1 is 1.21 bits per heavy atom. The standard InChI is InChI=1S/C22H23N5O5S/c1-30-15-5-3-14(4-6-15)27-21(29)16-11-23-26-20(16)25-22(27)33-12-19(28)24-13-2-7-17-18(10-13)32-9-8-31-17/h2-7,10,16,20,23,26H,8-9,11-12H2,1H3,(H,24,28). The summed E-state index contributed by atoms with van der Waals surface area (Å²) in [5.74, 6) is 1.42. The number of carbonyl (C=O) groups excluding carboxylic acids is 2. The van der Waals surface area contributed by atoms with Gasteiger partial charge in [-0.1, -0.05) is 11.8 Å². The van der Waals surface area contributed by atoms with Crippen LogP contribution in [0.1, 0.15) is 0 Å². The van der Waals surface area contributed by atoms with Crippen LogP contribution >= 0.6 is 11.8 Å². The van der Waals surface area contributed by atoms with E-state index in [9.17, 15) is 9.59 Å². The summed E-state index contributed by atoms with van der Waals surface area (Å²) in [6.45, 7) is 1.47. The molecule has 2 atom stereocenters. The Kier molecular flexibility index (Phi) is 6.07. The third-order valence-electron chi connectivity index (χ3n) is 5.42. The summed E-state index contributed by atoms with van der Waals surface area (Å²) in [7, 11) is 1.59. The fourth-order valence-electron chi connectivity index (χ4n) is 3.79. The maximum absolute atomic E-state index is 13.2. The Hall–Kier alpha value is -3.28. The molecule has 3 heterocycles. The van der Waals surface area contributed by atoms with Crippen LogP contribution in [0.4, 0.5) is 11.4 Å². The zero-order chi connectivity index (χ0) is 22.8. The highest BCUT2D eigenvalue weighted by Crippen LogP contribution is 2.33. The SMILES string of the molecule is COc1ccc(N2C(=O)C3CNNC3N=C2SCC(=O)Nc2ccc3c(c2)OCCO3)cc1. The number of nitrogens with one attached hydrogen (secondary N) is 3. The van der Waals surface area contributed by atoms with Crippen molar-refractivity contribution in [1.82, 2.24) is 10.9 Å². The lowest BCUT2D eigenvalue weighted by atomic mass is 10.0. The van der Waals surface area contributed by atoms with Gasteiger partial charge in [0.2, 0.25) is 11.8 Å². The molecule has 11 heteroatoms. The number of anilines is 2. The van der Waals surface area contributed by atoms with Crippen LogP contribution in [0.3, 0.4) is 0 Å². The molecule has 0 aromatic heterocycles. The summed E-state index contributed by atoms with van der Waals surface area (Å²) in [5.41, 5.74) is 7.30. The molecule has 3 aliphatic rings. The Morgan fingerprint density at radius 3 is 2.79 bits per heavy atom. The third-order valence-corrected chi connectivity index (χ3v) is 6.37. The number of ether oxygens (including phenoxy) is 3. The summed E-state index contributed by atoms with van der Waals surface area (Å²) in [6.07, 6.45) is -0.365. The Bertz CT molecular complexity index is 1090. The molecular formula is C22H23N5O5S. The first kappa shape index (κ1) is 21.6. The maximum atomic E-state index is 13.2. The highest BCUT2D eigenvalue weighted by atomic mass is 32.2. The zero-order valence-corrected chi connectivity index (χ0v) is 18.7. The smallest absolute Gasteiger partial charge is 0.241 e. The molecule has 3 N–H and O–H groups in total. The second-order valence-corrected chi connectivity index (χ2v) is 8.50. The Balaban J connectivity index is 1.30. The molecule has 172 valence electrons. The van der Waals surface area contributed by atoms with Gasteiger partial charge in [-0.05, 0) is 36.4 Å². The number of carbonyl (C=O) groups is 2. The number of hydrogen-bond acceptors (Lipinski definition) is 9. The molecule has 0 saturated carbocycles. The number of amides is 2. The predicted octanol–water partition coefficient (Wildman–Crippen LogP) is 1.59. The van der Waals surface area contributed by atoms with Crippen LogP contribution in [0, 0.1) is 5.92 Å². The van der Waals surface area contributed by atoms with Gasteiger partial charge < -0.3 is 19.5 Å². The van der Waals surface area contributed by atoms with Gasteiger partial charge in [0.15, 0.2) is 16.7 Å². The minimum Gasteiger partial charge on any atom is -0.497 e. The lowest BCUT2D eigenvalue weighted by Gasteiger charge is -2.32. The predicted molar refractivity (Wildman–Crippen MR) is 125 cm³/mol. The zero-order valence-electron chi connectivity index (χ0n) is 17.9. The lowest BCUT2D eigenvalue weighted by Crippen LogP contribution is -2.49. The van der Waals surface area contributed by atoms with Gasteiger partial charge in [0, 0.05) is 18.3 Å². The van der Waals surface area contributed by atoms with Crippen molar-refractivity contribution in [1.29, 1.82) is 0 Å². The first-order valence-corrected chi connectivity index (χ1v) is 11.5. The van der Waals surface area contributed by atoms with Crippen molar-refractivity contribution in [2.75, 3.05) is 42.8 Å². The molecule has 2 aromatic rings. The largest absolute Gasteiger partial charge is 0.497 e. The number of rotatable bonds is 5. The van der Waals surface area contributed by atoms with E-state index in [0.29, 0.717) is 53.5 Å². The van der Waals surface area contributed by atoms with Crippen molar-refractivity contribution in [3.63, 3.8) is 0 Å². The number of hydrazine groups is 1. The fourth-order valence-corrected chi connectivity index (χ4v) is 4.63. The number of benzene rings is 2. The van der Waals surface area contributed by atoms with Gasteiger partial charge in [-0.15, -0.1) is 0 Å². The molecule has 3 aliphatic heterocycles. The second-order valence-electron chi connectivity index (χ2n) is 7.56. The summed E-state index contributed by atoms with van der Waals surface area (Å²) < 4.78 is 16.3. The van der Waals surface area contributed by atoms with E-state index < -0.39 is 0 Å². The molecule has 0 aliphatic carbocycles. The fraction of sp³-hybridized carbons (Fsp3) is 0.318. The number of methoxy groups -OCH3 is 1. The second kappa shape index (κ2) is 9.30. The molecule has 0 bridgehead atoms. The molecule has 1 saturated heterocycles. The van der Waals surface area contributed by atoms with E-state index in [1.807, 2.05) is 0 Å². The van der Waals surface area contributed by atoms with E-state index in [1.165, 1.54) is 11.8 Å². The van der Waals surface area contributed by atoms with Gasteiger partial charge in [0.05, 0.1) is 24.5 Å². The molecule has 0 radical (unpaired) electrons. The van der Waals surface area contributed by atoms with Crippen LogP contribution in [-0.4, -0.2) is 55.8 Å². The highest BCUT2D eigenvalue weighted by molar-refractivity contribution is 8.14. The number of hydrogen-bond donors (Lipinski definition) is 3. The molecule has 2 amide bonds. The van der Waals surface area contributed by atoms with Crippen molar-refractivity contribution >= 4 is 40.1 Å². The van der Waals surface area contributed by atoms with Crippen LogP contribution in [-0.2, 0) is 9.59 Å². The van der Waals surface area contributed by atoms with Gasteiger partial charge in [-0.3, -0.25) is 19.9 Å². The topological polar surface area (TPSA) is 114 Å². The van der Waals surface area contributed by atoms with E-state index >= 15 is 0 Å². The molecule has 5 rings (SSSR count). The average Bonchev–Trinajstić information content (AvgIpc) is 3.32. The molecule has 1 fully saturated rings. The number of nitrogens with zero attached hydrogens (tertiary/aromatic N) is 2. The normalized spacial score (nSPS) is 21.3. The van der Waals surface area contributed by atoms with Crippen molar-refractivity contribution in [3.05, 3.63) is 42.5 Å². The average molecular weight is 470 g/mol. The van der Waals surface area contributed by atoms with Crippen LogP contribution in [0.15, 0.2) is 47.5 Å². The van der Waals surface area contributed by atoms with Crippen LogP contribution in [0.2, 0.25) is 0 Å². The first-order valence-electron chi connectivity index (χ1n) is 10.5. The molecule has 2 aromatic carbocycles. The van der Waals surface area contributed by atoms with Crippen molar-refractivity contribution < 1.29 is 23.8 Å². The highest BCUT2D eigenvalue weighted by Gasteiger charge is 2.42. The Labute approximate surface area is 194 Å². The monoisotopic (exact) mass is 469 g/mol. The number of amidine groups is 1.